The van der Waals surface area contributed by atoms with Crippen molar-refractivity contribution < 1.29 is 23.8 Å². The molecule has 8 heteroatoms. The highest BCUT2D eigenvalue weighted by atomic mass is 32.2. The predicted octanol–water partition coefficient (Wildman–Crippen LogP) is 1.43. The largest absolute Gasteiger partial charge is 0.493 e. The van der Waals surface area contributed by atoms with E-state index in [0.29, 0.717) is 36.9 Å². The van der Waals surface area contributed by atoms with Gasteiger partial charge in [-0.3, -0.25) is 9.59 Å². The Labute approximate surface area is 152 Å². The summed E-state index contributed by atoms with van der Waals surface area (Å²) in [5.74, 6) is 1.62. The molecular weight excluding hydrogens is 344 g/mol. The standard InChI is InChI=1S/C17H24N2O5S/c1-22-9-7-18-15(20)6-8-19-16(21)11-25-17(19)12-4-5-13(23-2)14(10-12)24-3/h4-5,10,17H,6-9,11H2,1-3H3,(H,18,20). The van der Waals surface area contributed by atoms with Crippen LogP contribution >= 0.6 is 11.8 Å². The maximum absolute atomic E-state index is 12.2. The topological polar surface area (TPSA) is 77.1 Å². The number of nitrogens with one attached hydrogen (secondary N) is 1. The monoisotopic (exact) mass is 368 g/mol. The molecule has 7 nitrogen and oxygen atoms in total. The number of hydrogen-bond acceptors (Lipinski definition) is 6. The summed E-state index contributed by atoms with van der Waals surface area (Å²) in [7, 11) is 4.75. The van der Waals surface area contributed by atoms with E-state index in [1.54, 1.807) is 38.0 Å². The van der Waals surface area contributed by atoms with Crippen LogP contribution in [0.2, 0.25) is 0 Å². The maximum atomic E-state index is 12.2. The number of amides is 2. The molecular formula is C17H24N2O5S. The number of carbonyl (C=O) groups is 2. The van der Waals surface area contributed by atoms with Crippen molar-refractivity contribution in [3.63, 3.8) is 0 Å². The fourth-order valence-corrected chi connectivity index (χ4v) is 3.79. The highest BCUT2D eigenvalue weighted by molar-refractivity contribution is 8.00. The average molecular weight is 368 g/mol. The second-order valence-electron chi connectivity index (χ2n) is 5.46. The van der Waals surface area contributed by atoms with Crippen LogP contribution < -0.4 is 14.8 Å². The number of hydrogen-bond donors (Lipinski definition) is 1. The molecule has 1 atom stereocenters. The molecule has 0 saturated carbocycles. The summed E-state index contributed by atoms with van der Waals surface area (Å²) in [6, 6.07) is 5.62. The van der Waals surface area contributed by atoms with Gasteiger partial charge >= 0.3 is 0 Å². The second kappa shape index (κ2) is 9.53. The van der Waals surface area contributed by atoms with Gasteiger partial charge < -0.3 is 24.4 Å². The van der Waals surface area contributed by atoms with E-state index >= 15 is 0 Å². The van der Waals surface area contributed by atoms with Gasteiger partial charge in [-0.2, -0.15) is 0 Å². The molecule has 0 radical (unpaired) electrons. The zero-order chi connectivity index (χ0) is 18.2. The van der Waals surface area contributed by atoms with Gasteiger partial charge in [0, 0.05) is 26.6 Å². The Morgan fingerprint density at radius 1 is 1.28 bits per heavy atom. The van der Waals surface area contributed by atoms with Crippen LogP contribution in [0.5, 0.6) is 11.5 Å². The molecule has 2 rings (SSSR count). The fraction of sp³-hybridized carbons (Fsp3) is 0.529. The summed E-state index contributed by atoms with van der Waals surface area (Å²) in [5, 5.41) is 2.64. The molecule has 1 unspecified atom stereocenters. The highest BCUT2D eigenvalue weighted by Gasteiger charge is 2.33. The van der Waals surface area contributed by atoms with E-state index in [-0.39, 0.29) is 23.6 Å². The van der Waals surface area contributed by atoms with Crippen LogP contribution in [0, 0.1) is 0 Å². The smallest absolute Gasteiger partial charge is 0.233 e. The van der Waals surface area contributed by atoms with Crippen molar-refractivity contribution in [3.8, 4) is 11.5 Å². The number of ether oxygens (including phenoxy) is 3. The lowest BCUT2D eigenvalue weighted by molar-refractivity contribution is -0.129. The molecule has 1 aromatic rings. The van der Waals surface area contributed by atoms with E-state index in [1.807, 2.05) is 18.2 Å². The van der Waals surface area contributed by atoms with Crippen LogP contribution in [0.1, 0.15) is 17.4 Å². The molecule has 1 aliphatic rings. The van der Waals surface area contributed by atoms with Crippen molar-refractivity contribution >= 4 is 23.6 Å². The van der Waals surface area contributed by atoms with Gasteiger partial charge in [0.05, 0.1) is 26.6 Å². The minimum absolute atomic E-state index is 0.0366. The normalized spacial score (nSPS) is 16.8. The Morgan fingerprint density at radius 2 is 2.04 bits per heavy atom. The first kappa shape index (κ1) is 19.4. The molecule has 0 aliphatic carbocycles. The van der Waals surface area contributed by atoms with Crippen LogP contribution in [-0.4, -0.2) is 63.5 Å². The van der Waals surface area contributed by atoms with Crippen molar-refractivity contribution in [2.45, 2.75) is 11.8 Å². The Balaban J connectivity index is 2.02. The van der Waals surface area contributed by atoms with Crippen LogP contribution in [0.4, 0.5) is 0 Å². The second-order valence-corrected chi connectivity index (χ2v) is 6.53. The number of benzene rings is 1. The molecule has 1 aromatic carbocycles. The Morgan fingerprint density at radius 3 is 2.72 bits per heavy atom. The third-order valence-corrected chi connectivity index (χ3v) is 5.12. The zero-order valence-electron chi connectivity index (χ0n) is 14.7. The van der Waals surface area contributed by atoms with Crippen LogP contribution in [0.3, 0.4) is 0 Å². The molecule has 1 heterocycles. The lowest BCUT2D eigenvalue weighted by Gasteiger charge is -2.24. The molecule has 2 amide bonds. The van der Waals surface area contributed by atoms with Gasteiger partial charge in [0.1, 0.15) is 5.37 Å². The SMILES string of the molecule is COCCNC(=O)CCN1C(=O)CSC1c1ccc(OC)c(OC)c1. The fourth-order valence-electron chi connectivity index (χ4n) is 2.58. The molecule has 0 bridgehead atoms. The summed E-state index contributed by atoms with van der Waals surface area (Å²) >= 11 is 1.55. The average Bonchev–Trinajstić information content (AvgIpc) is 3.00. The van der Waals surface area contributed by atoms with E-state index in [0.717, 1.165) is 5.56 Å². The number of nitrogens with zero attached hydrogens (tertiary/aromatic N) is 1. The quantitative estimate of drug-likeness (QED) is 0.665. The third kappa shape index (κ3) is 5.02. The van der Waals surface area contributed by atoms with Gasteiger partial charge in [-0.1, -0.05) is 6.07 Å². The number of methoxy groups -OCH3 is 3. The van der Waals surface area contributed by atoms with Gasteiger partial charge in [-0.15, -0.1) is 11.8 Å². The number of rotatable bonds is 9. The Kier molecular flexibility index (Phi) is 7.39. The summed E-state index contributed by atoms with van der Waals surface area (Å²) in [5.41, 5.74) is 0.952. The minimum atomic E-state index is -0.126. The summed E-state index contributed by atoms with van der Waals surface area (Å²) in [6.07, 6.45) is 0.264. The molecule has 0 spiro atoms. The van der Waals surface area contributed by atoms with E-state index in [2.05, 4.69) is 5.32 Å². The molecule has 1 saturated heterocycles. The first-order valence-corrected chi connectivity index (χ1v) is 9.04. The maximum Gasteiger partial charge on any atom is 0.233 e. The van der Waals surface area contributed by atoms with Crippen LogP contribution in [0.25, 0.3) is 0 Å². The van der Waals surface area contributed by atoms with Crippen molar-refractivity contribution in [3.05, 3.63) is 23.8 Å². The van der Waals surface area contributed by atoms with Crippen LogP contribution in [-0.2, 0) is 14.3 Å². The minimum Gasteiger partial charge on any atom is -0.493 e. The lowest BCUT2D eigenvalue weighted by Crippen LogP contribution is -2.34. The van der Waals surface area contributed by atoms with Crippen molar-refractivity contribution in [1.82, 2.24) is 10.2 Å². The van der Waals surface area contributed by atoms with Crippen LogP contribution in [0.15, 0.2) is 18.2 Å². The van der Waals surface area contributed by atoms with Gasteiger partial charge in [-0.05, 0) is 17.7 Å². The molecule has 138 valence electrons. The van der Waals surface area contributed by atoms with Gasteiger partial charge in [0.15, 0.2) is 11.5 Å². The lowest BCUT2D eigenvalue weighted by atomic mass is 10.1. The summed E-state index contributed by atoms with van der Waals surface area (Å²) in [4.78, 5) is 25.8. The van der Waals surface area contributed by atoms with Crippen molar-refractivity contribution in [2.75, 3.05) is 46.8 Å². The van der Waals surface area contributed by atoms with E-state index in [1.165, 1.54) is 0 Å². The first-order valence-electron chi connectivity index (χ1n) is 7.99. The number of thioether (sulfide) groups is 1. The molecule has 1 aliphatic heterocycles. The third-order valence-electron chi connectivity index (χ3n) is 3.87. The number of carbonyl (C=O) groups excluding carboxylic acids is 2. The Hall–Kier alpha value is -1.93. The van der Waals surface area contributed by atoms with E-state index in [4.69, 9.17) is 14.2 Å². The molecule has 0 aromatic heterocycles. The van der Waals surface area contributed by atoms with Gasteiger partial charge in [0.25, 0.3) is 0 Å². The van der Waals surface area contributed by atoms with E-state index in [9.17, 15) is 9.59 Å². The summed E-state index contributed by atoms with van der Waals surface area (Å²) < 4.78 is 15.5. The molecule has 1 fully saturated rings. The zero-order valence-corrected chi connectivity index (χ0v) is 15.6. The predicted molar refractivity (Wildman–Crippen MR) is 96.0 cm³/mol. The summed E-state index contributed by atoms with van der Waals surface area (Å²) in [6.45, 7) is 1.32. The van der Waals surface area contributed by atoms with Gasteiger partial charge in [-0.25, -0.2) is 0 Å². The molecule has 1 N–H and O–H groups in total. The van der Waals surface area contributed by atoms with Crippen molar-refractivity contribution in [1.29, 1.82) is 0 Å². The van der Waals surface area contributed by atoms with Crippen molar-refractivity contribution in [2.24, 2.45) is 0 Å². The van der Waals surface area contributed by atoms with E-state index < -0.39 is 0 Å². The highest BCUT2D eigenvalue weighted by Crippen LogP contribution is 2.41. The Bertz CT molecular complexity index is 611. The van der Waals surface area contributed by atoms with Gasteiger partial charge in [0.2, 0.25) is 11.8 Å². The molecule has 25 heavy (non-hydrogen) atoms. The first-order chi connectivity index (χ1) is 12.1.